The zero-order valence-corrected chi connectivity index (χ0v) is 16.0. The number of fused-ring (bicyclic) bond motifs is 4. The van der Waals surface area contributed by atoms with Crippen LogP contribution in [0.15, 0.2) is 34.5 Å². The molecule has 1 saturated carbocycles. The zero-order valence-electron chi connectivity index (χ0n) is 15.0. The first-order chi connectivity index (χ1) is 10.7. The molecule has 0 bridgehead atoms. The Kier molecular flexibility index (Phi) is 3.21. The molecule has 0 radical (unpaired) electrons. The number of rotatable bonds is 2. The number of azo groups is 1. The van der Waals surface area contributed by atoms with Crippen molar-refractivity contribution in [1.29, 1.82) is 0 Å². The third-order valence-electron chi connectivity index (χ3n) is 6.01. The van der Waals surface area contributed by atoms with Crippen LogP contribution in [-0.4, -0.2) is 25.5 Å². The highest BCUT2D eigenvalue weighted by Crippen LogP contribution is 2.57. The van der Waals surface area contributed by atoms with Crippen molar-refractivity contribution in [3.05, 3.63) is 35.4 Å². The molecule has 0 spiro atoms. The summed E-state index contributed by atoms with van der Waals surface area (Å²) < 4.78 is 6.94. The summed E-state index contributed by atoms with van der Waals surface area (Å²) in [4.78, 5) is 0. The SMILES string of the molecule is CC1(C)N=N[C@@H]2[C@H]1C[C@@H]1Cc3ccccc3C[C@]12O[Si](C)(C)C. The normalized spacial score (nSPS) is 37.3. The number of nitrogens with zero attached hydrogens (tertiary/aromatic N) is 2. The van der Waals surface area contributed by atoms with Crippen molar-refractivity contribution in [3.63, 3.8) is 0 Å². The second kappa shape index (κ2) is 4.76. The van der Waals surface area contributed by atoms with E-state index in [4.69, 9.17) is 9.54 Å². The highest BCUT2D eigenvalue weighted by atomic mass is 28.4. The van der Waals surface area contributed by atoms with Crippen LogP contribution in [0.4, 0.5) is 0 Å². The van der Waals surface area contributed by atoms with Gasteiger partial charge in [-0.1, -0.05) is 24.3 Å². The highest BCUT2D eigenvalue weighted by molar-refractivity contribution is 6.69. The molecule has 0 N–H and O–H groups in total. The number of hydrogen-bond acceptors (Lipinski definition) is 3. The molecule has 3 nitrogen and oxygen atoms in total. The Morgan fingerprint density at radius 1 is 1.13 bits per heavy atom. The quantitative estimate of drug-likeness (QED) is 0.729. The molecule has 2 aliphatic carbocycles. The molecule has 1 aliphatic heterocycles. The maximum atomic E-state index is 6.94. The lowest BCUT2D eigenvalue weighted by Crippen LogP contribution is -2.55. The third kappa shape index (κ3) is 2.33. The van der Waals surface area contributed by atoms with Crippen molar-refractivity contribution >= 4 is 8.32 Å². The van der Waals surface area contributed by atoms with Gasteiger partial charge in [0.05, 0.1) is 11.1 Å². The molecular weight excluding hydrogens is 300 g/mol. The smallest absolute Gasteiger partial charge is 0.184 e. The predicted octanol–water partition coefficient (Wildman–Crippen LogP) is 4.62. The average Bonchev–Trinajstić information content (AvgIpc) is 2.90. The van der Waals surface area contributed by atoms with Crippen molar-refractivity contribution in [2.24, 2.45) is 22.1 Å². The monoisotopic (exact) mass is 328 g/mol. The Hall–Kier alpha value is -1.00. The molecule has 4 heteroatoms. The molecule has 0 amide bonds. The lowest BCUT2D eigenvalue weighted by Gasteiger charge is -2.46. The van der Waals surface area contributed by atoms with Gasteiger partial charge in [-0.2, -0.15) is 10.2 Å². The fourth-order valence-electron chi connectivity index (χ4n) is 5.10. The summed E-state index contributed by atoms with van der Waals surface area (Å²) in [5, 5.41) is 9.42. The maximum absolute atomic E-state index is 6.94. The van der Waals surface area contributed by atoms with Crippen LogP contribution < -0.4 is 0 Å². The van der Waals surface area contributed by atoms with Crippen molar-refractivity contribution in [1.82, 2.24) is 0 Å². The van der Waals surface area contributed by atoms with Crippen LogP contribution in [0.25, 0.3) is 0 Å². The lowest BCUT2D eigenvalue weighted by molar-refractivity contribution is 0.000229. The van der Waals surface area contributed by atoms with Crippen molar-refractivity contribution in [3.8, 4) is 0 Å². The molecule has 1 heterocycles. The van der Waals surface area contributed by atoms with E-state index in [-0.39, 0.29) is 17.2 Å². The summed E-state index contributed by atoms with van der Waals surface area (Å²) in [6.07, 6.45) is 3.34. The molecule has 4 atom stereocenters. The molecule has 124 valence electrons. The van der Waals surface area contributed by atoms with Crippen LogP contribution >= 0.6 is 0 Å². The van der Waals surface area contributed by atoms with E-state index in [1.54, 1.807) is 0 Å². The molecule has 1 aromatic rings. The Labute approximate surface area is 140 Å². The van der Waals surface area contributed by atoms with E-state index >= 15 is 0 Å². The molecule has 1 aromatic carbocycles. The van der Waals surface area contributed by atoms with Gasteiger partial charge in [0.15, 0.2) is 8.32 Å². The van der Waals surface area contributed by atoms with Crippen LogP contribution in [0.3, 0.4) is 0 Å². The Balaban J connectivity index is 1.80. The molecule has 4 rings (SSSR count). The van der Waals surface area contributed by atoms with Gasteiger partial charge in [0.1, 0.15) is 6.04 Å². The van der Waals surface area contributed by atoms with E-state index in [1.807, 2.05) is 0 Å². The summed E-state index contributed by atoms with van der Waals surface area (Å²) in [5.41, 5.74) is 2.81. The van der Waals surface area contributed by atoms with Crippen LogP contribution in [0.5, 0.6) is 0 Å². The van der Waals surface area contributed by atoms with Crippen LogP contribution in [0.1, 0.15) is 31.4 Å². The largest absolute Gasteiger partial charge is 0.409 e. The van der Waals surface area contributed by atoms with Gasteiger partial charge in [-0.25, -0.2) is 0 Å². The molecule has 1 fully saturated rings. The van der Waals surface area contributed by atoms with Gasteiger partial charge in [0.25, 0.3) is 0 Å². The average molecular weight is 329 g/mol. The number of benzene rings is 1. The molecule has 3 aliphatic rings. The molecule has 0 saturated heterocycles. The van der Waals surface area contributed by atoms with Crippen LogP contribution in [0.2, 0.25) is 19.6 Å². The summed E-state index contributed by atoms with van der Waals surface area (Å²) in [5.74, 6) is 1.11. The van der Waals surface area contributed by atoms with Crippen LogP contribution in [0, 0.1) is 11.8 Å². The van der Waals surface area contributed by atoms with Crippen molar-refractivity contribution < 1.29 is 4.43 Å². The van der Waals surface area contributed by atoms with Gasteiger partial charge in [-0.05, 0) is 63.4 Å². The first kappa shape index (κ1) is 15.5. The van der Waals surface area contributed by atoms with E-state index in [0.717, 1.165) is 12.8 Å². The van der Waals surface area contributed by atoms with Crippen LogP contribution in [-0.2, 0) is 17.3 Å². The first-order valence-electron chi connectivity index (χ1n) is 8.90. The molecule has 0 aromatic heterocycles. The van der Waals surface area contributed by atoms with Crippen molar-refractivity contribution in [2.45, 2.75) is 69.9 Å². The van der Waals surface area contributed by atoms with Gasteiger partial charge in [0, 0.05) is 12.3 Å². The van der Waals surface area contributed by atoms with E-state index in [0.29, 0.717) is 11.8 Å². The minimum Gasteiger partial charge on any atom is -0.409 e. The summed E-state index contributed by atoms with van der Waals surface area (Å²) in [7, 11) is -1.67. The second-order valence-electron chi connectivity index (χ2n) is 9.17. The van der Waals surface area contributed by atoms with E-state index in [2.05, 4.69) is 62.9 Å². The molecule has 0 unspecified atom stereocenters. The fraction of sp³-hybridized carbons (Fsp3) is 0.684. The second-order valence-corrected chi connectivity index (χ2v) is 13.6. The third-order valence-corrected chi connectivity index (χ3v) is 7.00. The maximum Gasteiger partial charge on any atom is 0.184 e. The first-order valence-corrected chi connectivity index (χ1v) is 12.3. The Morgan fingerprint density at radius 3 is 2.52 bits per heavy atom. The Morgan fingerprint density at radius 2 is 1.83 bits per heavy atom. The minimum atomic E-state index is -1.67. The summed E-state index contributed by atoms with van der Waals surface area (Å²) in [6, 6.07) is 9.15. The van der Waals surface area contributed by atoms with E-state index < -0.39 is 8.32 Å². The summed E-state index contributed by atoms with van der Waals surface area (Å²) >= 11 is 0. The van der Waals surface area contributed by atoms with Gasteiger partial charge in [-0.15, -0.1) is 0 Å². The van der Waals surface area contributed by atoms with E-state index in [9.17, 15) is 0 Å². The predicted molar refractivity (Wildman–Crippen MR) is 95.3 cm³/mol. The fourth-order valence-corrected chi connectivity index (χ4v) is 6.60. The standard InChI is InChI=1S/C19H28N2OSi/c1-18(2)16-11-15-10-13-8-6-7-9-14(13)12-19(15,17(16)20-21-18)22-23(3,4)5/h6-9,15-17H,10-12H2,1-5H3/t15-,16+,17+,19-/m0/s1. The van der Waals surface area contributed by atoms with E-state index in [1.165, 1.54) is 17.5 Å². The zero-order chi connectivity index (χ0) is 16.5. The van der Waals surface area contributed by atoms with Gasteiger partial charge in [-0.3, -0.25) is 0 Å². The van der Waals surface area contributed by atoms with Gasteiger partial charge in [0.2, 0.25) is 0 Å². The molecule has 23 heavy (non-hydrogen) atoms. The minimum absolute atomic E-state index is 0.0377. The number of hydrogen-bond donors (Lipinski definition) is 0. The Bertz CT molecular complexity index is 664. The topological polar surface area (TPSA) is 34.0 Å². The lowest BCUT2D eigenvalue weighted by atomic mass is 9.73. The van der Waals surface area contributed by atoms with Gasteiger partial charge >= 0.3 is 0 Å². The molecular formula is C19H28N2OSi. The summed E-state index contributed by atoms with van der Waals surface area (Å²) in [6.45, 7) is 11.4. The van der Waals surface area contributed by atoms with Crippen molar-refractivity contribution in [2.75, 3.05) is 0 Å². The van der Waals surface area contributed by atoms with Gasteiger partial charge < -0.3 is 4.43 Å². The highest BCUT2D eigenvalue weighted by Gasteiger charge is 2.64.